The van der Waals surface area contributed by atoms with E-state index in [0.717, 1.165) is 34.8 Å². The van der Waals surface area contributed by atoms with E-state index in [2.05, 4.69) is 48.1 Å². The third-order valence-electron chi connectivity index (χ3n) is 3.25. The van der Waals surface area contributed by atoms with E-state index < -0.39 is 0 Å². The van der Waals surface area contributed by atoms with Crippen molar-refractivity contribution in [3.05, 3.63) is 33.3 Å². The molecule has 0 bridgehead atoms. The first kappa shape index (κ1) is 17.0. The second-order valence-electron chi connectivity index (χ2n) is 5.50. The van der Waals surface area contributed by atoms with Crippen LogP contribution < -0.4 is 5.32 Å². The average molecular weight is 347 g/mol. The Morgan fingerprint density at radius 1 is 1.26 bits per heavy atom. The standard InChI is InChI=1S/C16H25BrClN/c1-4-10-19-16(7-5-6-12(2)3)14-11-13(17)8-9-15(14)18/h8-9,11-12,16,19H,4-7,10H2,1-3H3. The summed E-state index contributed by atoms with van der Waals surface area (Å²) in [4.78, 5) is 0. The minimum absolute atomic E-state index is 0.365. The van der Waals surface area contributed by atoms with E-state index in [1.807, 2.05) is 12.1 Å². The SMILES string of the molecule is CCCNC(CCCC(C)C)c1cc(Br)ccc1Cl. The second kappa shape index (κ2) is 8.99. The number of benzene rings is 1. The van der Waals surface area contributed by atoms with Crippen LogP contribution in [-0.4, -0.2) is 6.54 Å². The fraction of sp³-hybridized carbons (Fsp3) is 0.625. The molecule has 1 rings (SSSR count). The zero-order valence-corrected chi connectivity index (χ0v) is 14.5. The maximum absolute atomic E-state index is 6.35. The van der Waals surface area contributed by atoms with Gasteiger partial charge in [-0.2, -0.15) is 0 Å². The molecule has 108 valence electrons. The highest BCUT2D eigenvalue weighted by Crippen LogP contribution is 2.30. The van der Waals surface area contributed by atoms with E-state index in [1.54, 1.807) is 0 Å². The lowest BCUT2D eigenvalue weighted by Crippen LogP contribution is -2.22. The summed E-state index contributed by atoms with van der Waals surface area (Å²) in [5, 5.41) is 4.48. The van der Waals surface area contributed by atoms with Gasteiger partial charge in [0, 0.05) is 15.5 Å². The van der Waals surface area contributed by atoms with Crippen LogP contribution in [0.15, 0.2) is 22.7 Å². The lowest BCUT2D eigenvalue weighted by atomic mass is 9.98. The minimum Gasteiger partial charge on any atom is -0.310 e. The Kier molecular flexibility index (Phi) is 8.05. The molecule has 0 fully saturated rings. The summed E-state index contributed by atoms with van der Waals surface area (Å²) in [6.45, 7) is 7.79. The molecule has 1 aromatic rings. The molecule has 0 aromatic heterocycles. The largest absolute Gasteiger partial charge is 0.310 e. The van der Waals surface area contributed by atoms with E-state index >= 15 is 0 Å². The van der Waals surface area contributed by atoms with E-state index in [9.17, 15) is 0 Å². The molecule has 1 atom stereocenters. The maximum atomic E-state index is 6.35. The lowest BCUT2D eigenvalue weighted by molar-refractivity contribution is 0.447. The van der Waals surface area contributed by atoms with Crippen molar-refractivity contribution in [1.29, 1.82) is 0 Å². The Bertz CT molecular complexity index is 379. The van der Waals surface area contributed by atoms with Gasteiger partial charge in [0.15, 0.2) is 0 Å². The van der Waals surface area contributed by atoms with Gasteiger partial charge in [-0.25, -0.2) is 0 Å². The molecule has 1 nitrogen and oxygen atoms in total. The van der Waals surface area contributed by atoms with Crippen LogP contribution in [0.5, 0.6) is 0 Å². The molecule has 1 N–H and O–H groups in total. The van der Waals surface area contributed by atoms with Crippen molar-refractivity contribution in [2.24, 2.45) is 5.92 Å². The van der Waals surface area contributed by atoms with Gasteiger partial charge >= 0.3 is 0 Å². The number of hydrogen-bond acceptors (Lipinski definition) is 1. The molecule has 0 aliphatic rings. The summed E-state index contributed by atoms with van der Waals surface area (Å²) < 4.78 is 1.10. The summed E-state index contributed by atoms with van der Waals surface area (Å²) in [5.74, 6) is 0.768. The van der Waals surface area contributed by atoms with Crippen molar-refractivity contribution >= 4 is 27.5 Å². The molecule has 19 heavy (non-hydrogen) atoms. The van der Waals surface area contributed by atoms with Crippen LogP contribution in [-0.2, 0) is 0 Å². The fourth-order valence-electron chi connectivity index (χ4n) is 2.20. The van der Waals surface area contributed by atoms with Gasteiger partial charge in [-0.1, -0.05) is 61.1 Å². The summed E-state index contributed by atoms with van der Waals surface area (Å²) in [6.07, 6.45) is 4.80. The van der Waals surface area contributed by atoms with Crippen molar-refractivity contribution in [2.45, 2.75) is 52.5 Å². The quantitative estimate of drug-likeness (QED) is 0.611. The molecule has 0 amide bonds. The van der Waals surface area contributed by atoms with Crippen molar-refractivity contribution in [3.63, 3.8) is 0 Å². The van der Waals surface area contributed by atoms with Gasteiger partial charge in [0.2, 0.25) is 0 Å². The molecule has 0 saturated heterocycles. The molecule has 1 aromatic carbocycles. The van der Waals surface area contributed by atoms with Gasteiger partial charge in [0.25, 0.3) is 0 Å². The van der Waals surface area contributed by atoms with Crippen LogP contribution in [0.2, 0.25) is 5.02 Å². The Morgan fingerprint density at radius 2 is 2.00 bits per heavy atom. The van der Waals surface area contributed by atoms with E-state index in [-0.39, 0.29) is 0 Å². The average Bonchev–Trinajstić information content (AvgIpc) is 2.36. The first-order chi connectivity index (χ1) is 9.04. The van der Waals surface area contributed by atoms with Gasteiger partial charge in [-0.05, 0) is 49.1 Å². The smallest absolute Gasteiger partial charge is 0.0454 e. The Hall–Kier alpha value is -0.0500. The monoisotopic (exact) mass is 345 g/mol. The Morgan fingerprint density at radius 3 is 2.63 bits per heavy atom. The minimum atomic E-state index is 0.365. The van der Waals surface area contributed by atoms with Crippen LogP contribution in [0.1, 0.15) is 58.1 Å². The molecule has 1 unspecified atom stereocenters. The molecule has 0 heterocycles. The highest BCUT2D eigenvalue weighted by Gasteiger charge is 2.14. The molecule has 0 aliphatic carbocycles. The molecular formula is C16H25BrClN. The lowest BCUT2D eigenvalue weighted by Gasteiger charge is -2.21. The van der Waals surface area contributed by atoms with E-state index in [4.69, 9.17) is 11.6 Å². The number of nitrogens with one attached hydrogen (secondary N) is 1. The fourth-order valence-corrected chi connectivity index (χ4v) is 2.83. The zero-order valence-electron chi connectivity index (χ0n) is 12.2. The van der Waals surface area contributed by atoms with E-state index in [0.29, 0.717) is 6.04 Å². The third kappa shape index (κ3) is 6.29. The van der Waals surface area contributed by atoms with Crippen LogP contribution >= 0.6 is 27.5 Å². The molecule has 3 heteroatoms. The van der Waals surface area contributed by atoms with Crippen molar-refractivity contribution in [1.82, 2.24) is 5.32 Å². The summed E-state index contributed by atoms with van der Waals surface area (Å²) >= 11 is 9.89. The molecule has 0 radical (unpaired) electrons. The number of halogens is 2. The van der Waals surface area contributed by atoms with Crippen LogP contribution in [0.25, 0.3) is 0 Å². The predicted octanol–water partition coefficient (Wildman–Crippen LogP) is 5.97. The van der Waals surface area contributed by atoms with Crippen molar-refractivity contribution in [3.8, 4) is 0 Å². The highest BCUT2D eigenvalue weighted by molar-refractivity contribution is 9.10. The van der Waals surface area contributed by atoms with E-state index in [1.165, 1.54) is 18.4 Å². The van der Waals surface area contributed by atoms with Gasteiger partial charge in [-0.3, -0.25) is 0 Å². The molecule has 0 spiro atoms. The second-order valence-corrected chi connectivity index (χ2v) is 6.82. The predicted molar refractivity (Wildman–Crippen MR) is 88.9 cm³/mol. The first-order valence-corrected chi connectivity index (χ1v) is 8.40. The summed E-state index contributed by atoms with van der Waals surface area (Å²) in [6, 6.07) is 6.48. The topological polar surface area (TPSA) is 12.0 Å². The normalized spacial score (nSPS) is 12.9. The number of hydrogen-bond donors (Lipinski definition) is 1. The van der Waals surface area contributed by atoms with Crippen LogP contribution in [0.3, 0.4) is 0 Å². The van der Waals surface area contributed by atoms with Gasteiger partial charge < -0.3 is 5.32 Å². The molecular weight excluding hydrogens is 322 g/mol. The Balaban J connectivity index is 2.73. The van der Waals surface area contributed by atoms with Crippen LogP contribution in [0.4, 0.5) is 0 Å². The van der Waals surface area contributed by atoms with Gasteiger partial charge in [0.05, 0.1) is 0 Å². The van der Waals surface area contributed by atoms with Gasteiger partial charge in [0.1, 0.15) is 0 Å². The zero-order chi connectivity index (χ0) is 14.3. The molecule has 0 saturated carbocycles. The summed E-state index contributed by atoms with van der Waals surface area (Å²) in [7, 11) is 0. The highest BCUT2D eigenvalue weighted by atomic mass is 79.9. The third-order valence-corrected chi connectivity index (χ3v) is 4.09. The van der Waals surface area contributed by atoms with Crippen LogP contribution in [0, 0.1) is 5.92 Å². The Labute approximate surface area is 131 Å². The number of rotatable bonds is 8. The first-order valence-electron chi connectivity index (χ1n) is 7.23. The van der Waals surface area contributed by atoms with Crippen molar-refractivity contribution in [2.75, 3.05) is 6.54 Å². The maximum Gasteiger partial charge on any atom is 0.0454 e. The van der Waals surface area contributed by atoms with Gasteiger partial charge in [-0.15, -0.1) is 0 Å². The molecule has 0 aliphatic heterocycles. The van der Waals surface area contributed by atoms with Crippen molar-refractivity contribution < 1.29 is 0 Å². The summed E-state index contributed by atoms with van der Waals surface area (Å²) in [5.41, 5.74) is 1.22.